The number of rotatable bonds is 10. The van der Waals surface area contributed by atoms with Crippen LogP contribution in [0, 0.1) is 17.2 Å². The molecule has 2 atom stereocenters. The molecule has 8 heteroatoms. The molecule has 1 aromatic heterocycles. The molecule has 0 saturated carbocycles. The summed E-state index contributed by atoms with van der Waals surface area (Å²) in [5, 5.41) is 21.0. The zero-order chi connectivity index (χ0) is 25.5. The number of amides is 1. The van der Waals surface area contributed by atoms with E-state index in [2.05, 4.69) is 61.4 Å². The number of carbonyl (C=O) groups excluding carboxylic acids is 1. The third-order valence-corrected chi connectivity index (χ3v) is 6.53. The summed E-state index contributed by atoms with van der Waals surface area (Å²) in [5.74, 6) is 2.20. The Morgan fingerprint density at radius 2 is 1.69 bits per heavy atom. The highest BCUT2D eigenvalue weighted by molar-refractivity contribution is 8.00. The number of nitrogens with zero attached hydrogens (tertiary/aromatic N) is 4. The summed E-state index contributed by atoms with van der Waals surface area (Å²) in [4.78, 5) is 12.8. The zero-order valence-electron chi connectivity index (χ0n) is 21.1. The third-order valence-electron chi connectivity index (χ3n) is 5.45. The molecule has 0 aliphatic rings. The number of hydrogen-bond acceptors (Lipinski definition) is 6. The minimum absolute atomic E-state index is 0.144. The SMILES string of the molecule is CC(C)Cn1c(SC(C)C(=O)Nc2ccc(C#N)cc2)nnc1C(C)Oc1ccc(C(C)C)cc1. The number of nitriles is 1. The van der Waals surface area contributed by atoms with Crippen LogP contribution in [0.1, 0.15) is 70.5 Å². The Kier molecular flexibility index (Phi) is 8.94. The van der Waals surface area contributed by atoms with Gasteiger partial charge >= 0.3 is 0 Å². The van der Waals surface area contributed by atoms with E-state index >= 15 is 0 Å². The second kappa shape index (κ2) is 11.9. The van der Waals surface area contributed by atoms with Gasteiger partial charge in [0.1, 0.15) is 5.75 Å². The predicted molar refractivity (Wildman–Crippen MR) is 140 cm³/mol. The van der Waals surface area contributed by atoms with Crippen LogP contribution in [0.3, 0.4) is 0 Å². The number of aromatic nitrogens is 3. The molecule has 2 unspecified atom stereocenters. The Bertz CT molecular complexity index is 1160. The van der Waals surface area contributed by atoms with Gasteiger partial charge in [0.2, 0.25) is 5.91 Å². The van der Waals surface area contributed by atoms with E-state index in [1.54, 1.807) is 24.3 Å². The molecule has 0 radical (unpaired) electrons. The van der Waals surface area contributed by atoms with Crippen LogP contribution in [0.25, 0.3) is 0 Å². The van der Waals surface area contributed by atoms with Gasteiger partial charge in [0.25, 0.3) is 0 Å². The Morgan fingerprint density at radius 3 is 2.26 bits per heavy atom. The lowest BCUT2D eigenvalue weighted by Crippen LogP contribution is -2.23. The fraction of sp³-hybridized carbons (Fsp3) is 0.407. The molecule has 3 rings (SSSR count). The standard InChI is InChI=1S/C27H33N5O2S/c1-17(2)16-32-25(19(5)34-24-13-9-22(10-14-24)18(3)4)30-31-27(32)35-20(6)26(33)29-23-11-7-21(15-28)8-12-23/h7-14,17-20H,16H2,1-6H3,(H,29,33). The number of ether oxygens (including phenoxy) is 1. The summed E-state index contributed by atoms with van der Waals surface area (Å²) in [6, 6.07) is 17.0. The van der Waals surface area contributed by atoms with Crippen molar-refractivity contribution in [1.82, 2.24) is 14.8 Å². The van der Waals surface area contributed by atoms with Crippen LogP contribution in [0.15, 0.2) is 53.7 Å². The van der Waals surface area contributed by atoms with Gasteiger partial charge in [-0.05, 0) is 67.6 Å². The van der Waals surface area contributed by atoms with E-state index in [-0.39, 0.29) is 12.0 Å². The Labute approximate surface area is 211 Å². The van der Waals surface area contributed by atoms with Crippen LogP contribution in [-0.2, 0) is 11.3 Å². The van der Waals surface area contributed by atoms with Crippen LogP contribution in [0.4, 0.5) is 5.69 Å². The topological polar surface area (TPSA) is 92.8 Å². The predicted octanol–water partition coefficient (Wildman–Crippen LogP) is 6.19. The van der Waals surface area contributed by atoms with Crippen molar-refractivity contribution >= 4 is 23.4 Å². The summed E-state index contributed by atoms with van der Waals surface area (Å²) in [7, 11) is 0. The molecule has 0 saturated heterocycles. The average molecular weight is 492 g/mol. The highest BCUT2D eigenvalue weighted by Crippen LogP contribution is 2.29. The van der Waals surface area contributed by atoms with E-state index in [9.17, 15) is 4.79 Å². The van der Waals surface area contributed by atoms with Gasteiger partial charge in [-0.25, -0.2) is 0 Å². The Morgan fingerprint density at radius 1 is 1.03 bits per heavy atom. The van der Waals surface area contributed by atoms with E-state index in [0.29, 0.717) is 34.8 Å². The Hall–Kier alpha value is -3.31. The second-order valence-electron chi connectivity index (χ2n) is 9.27. The van der Waals surface area contributed by atoms with Crippen LogP contribution < -0.4 is 10.1 Å². The molecule has 7 nitrogen and oxygen atoms in total. The number of anilines is 1. The van der Waals surface area contributed by atoms with Crippen molar-refractivity contribution in [3.05, 3.63) is 65.5 Å². The summed E-state index contributed by atoms with van der Waals surface area (Å²) < 4.78 is 8.24. The molecule has 2 aromatic carbocycles. The first kappa shape index (κ1) is 26.3. The van der Waals surface area contributed by atoms with Crippen molar-refractivity contribution in [3.63, 3.8) is 0 Å². The first-order valence-electron chi connectivity index (χ1n) is 11.8. The molecule has 0 spiro atoms. The fourth-order valence-electron chi connectivity index (χ4n) is 3.50. The molecular formula is C27H33N5O2S. The van der Waals surface area contributed by atoms with Gasteiger partial charge in [-0.15, -0.1) is 10.2 Å². The largest absolute Gasteiger partial charge is 0.483 e. The smallest absolute Gasteiger partial charge is 0.237 e. The zero-order valence-corrected chi connectivity index (χ0v) is 22.0. The van der Waals surface area contributed by atoms with Crippen molar-refractivity contribution < 1.29 is 9.53 Å². The summed E-state index contributed by atoms with van der Waals surface area (Å²) >= 11 is 1.37. The number of carbonyl (C=O) groups is 1. The number of benzene rings is 2. The first-order chi connectivity index (χ1) is 16.7. The average Bonchev–Trinajstić information content (AvgIpc) is 3.21. The van der Waals surface area contributed by atoms with Gasteiger partial charge in [0.05, 0.1) is 16.9 Å². The lowest BCUT2D eigenvalue weighted by Gasteiger charge is -2.19. The maximum atomic E-state index is 12.8. The monoisotopic (exact) mass is 491 g/mol. The molecule has 184 valence electrons. The fourth-order valence-corrected chi connectivity index (χ4v) is 4.36. The van der Waals surface area contributed by atoms with Gasteiger partial charge in [-0.3, -0.25) is 4.79 Å². The van der Waals surface area contributed by atoms with Gasteiger partial charge < -0.3 is 14.6 Å². The first-order valence-corrected chi connectivity index (χ1v) is 12.7. The van der Waals surface area contributed by atoms with Crippen molar-refractivity contribution in [2.24, 2.45) is 5.92 Å². The lowest BCUT2D eigenvalue weighted by molar-refractivity contribution is -0.115. The maximum absolute atomic E-state index is 12.8. The van der Waals surface area contributed by atoms with E-state index in [4.69, 9.17) is 10.00 Å². The van der Waals surface area contributed by atoms with E-state index in [1.807, 2.05) is 30.5 Å². The van der Waals surface area contributed by atoms with Crippen molar-refractivity contribution in [3.8, 4) is 11.8 Å². The molecule has 0 aliphatic carbocycles. The molecular weight excluding hydrogens is 458 g/mol. The highest BCUT2D eigenvalue weighted by Gasteiger charge is 2.24. The minimum Gasteiger partial charge on any atom is -0.483 e. The van der Waals surface area contributed by atoms with Crippen LogP contribution in [0.5, 0.6) is 5.75 Å². The highest BCUT2D eigenvalue weighted by atomic mass is 32.2. The van der Waals surface area contributed by atoms with Gasteiger partial charge in [0, 0.05) is 12.2 Å². The molecule has 1 heterocycles. The van der Waals surface area contributed by atoms with E-state index in [1.165, 1.54) is 17.3 Å². The minimum atomic E-state index is -0.395. The Balaban J connectivity index is 1.72. The van der Waals surface area contributed by atoms with Gasteiger partial charge in [0.15, 0.2) is 17.1 Å². The number of nitrogens with one attached hydrogen (secondary N) is 1. The van der Waals surface area contributed by atoms with Crippen molar-refractivity contribution in [1.29, 1.82) is 5.26 Å². The van der Waals surface area contributed by atoms with Crippen molar-refractivity contribution in [2.75, 3.05) is 5.32 Å². The van der Waals surface area contributed by atoms with Crippen LogP contribution in [0.2, 0.25) is 0 Å². The van der Waals surface area contributed by atoms with Crippen LogP contribution in [-0.4, -0.2) is 25.9 Å². The van der Waals surface area contributed by atoms with Crippen LogP contribution >= 0.6 is 11.8 Å². The van der Waals surface area contributed by atoms with E-state index in [0.717, 1.165) is 11.6 Å². The van der Waals surface area contributed by atoms with Gasteiger partial charge in [-0.1, -0.05) is 51.6 Å². The third kappa shape index (κ3) is 7.09. The van der Waals surface area contributed by atoms with Gasteiger partial charge in [-0.2, -0.15) is 5.26 Å². The quantitative estimate of drug-likeness (QED) is 0.340. The number of hydrogen-bond donors (Lipinski definition) is 1. The van der Waals surface area contributed by atoms with Crippen molar-refractivity contribution in [2.45, 2.75) is 70.5 Å². The molecule has 35 heavy (non-hydrogen) atoms. The number of thioether (sulfide) groups is 1. The normalized spacial score (nSPS) is 12.9. The summed E-state index contributed by atoms with van der Waals surface area (Å²) in [6.45, 7) is 13.1. The second-order valence-corrected chi connectivity index (χ2v) is 10.6. The maximum Gasteiger partial charge on any atom is 0.237 e. The summed E-state index contributed by atoms with van der Waals surface area (Å²) in [5.41, 5.74) is 2.46. The molecule has 0 bridgehead atoms. The molecule has 0 aliphatic heterocycles. The molecule has 1 N–H and O–H groups in total. The molecule has 1 amide bonds. The van der Waals surface area contributed by atoms with E-state index < -0.39 is 5.25 Å². The summed E-state index contributed by atoms with van der Waals surface area (Å²) in [6.07, 6.45) is -0.303. The lowest BCUT2D eigenvalue weighted by atomic mass is 10.0. The molecule has 0 fully saturated rings. The molecule has 3 aromatic rings.